The van der Waals surface area contributed by atoms with Gasteiger partial charge in [0.25, 0.3) is 0 Å². The van der Waals surface area contributed by atoms with Crippen molar-refractivity contribution in [2.45, 2.75) is 63.5 Å². The molecule has 17 heavy (non-hydrogen) atoms. The van der Waals surface area contributed by atoms with E-state index >= 15 is 0 Å². The molecule has 1 aliphatic carbocycles. The van der Waals surface area contributed by atoms with Crippen LogP contribution in [0, 0.1) is 0 Å². The monoisotopic (exact) mass is 259 g/mol. The van der Waals surface area contributed by atoms with Gasteiger partial charge in [0.05, 0.1) is 6.10 Å². The Kier molecular flexibility index (Phi) is 6.10. The van der Waals surface area contributed by atoms with Gasteiger partial charge in [0, 0.05) is 25.1 Å². The number of nitrogens with zero attached hydrogens (tertiary/aromatic N) is 1. The third-order valence-electron chi connectivity index (χ3n) is 4.21. The van der Waals surface area contributed by atoms with Crippen LogP contribution in [0.3, 0.4) is 0 Å². The molecule has 1 aliphatic heterocycles. The molecule has 1 saturated carbocycles. The van der Waals surface area contributed by atoms with E-state index in [4.69, 9.17) is 16.3 Å². The minimum absolute atomic E-state index is 0.552. The quantitative estimate of drug-likeness (QED) is 0.650. The SMILES string of the molecule is ClCCN(CCCC1CCCO1)C1CCCC1. The Morgan fingerprint density at radius 3 is 2.53 bits per heavy atom. The number of hydrogen-bond acceptors (Lipinski definition) is 2. The van der Waals surface area contributed by atoms with E-state index in [1.807, 2.05) is 0 Å². The van der Waals surface area contributed by atoms with E-state index in [9.17, 15) is 0 Å². The minimum atomic E-state index is 0.552. The number of ether oxygens (including phenoxy) is 1. The van der Waals surface area contributed by atoms with E-state index in [0.29, 0.717) is 6.10 Å². The zero-order valence-corrected chi connectivity index (χ0v) is 11.6. The van der Waals surface area contributed by atoms with Crippen LogP contribution in [0.25, 0.3) is 0 Å². The van der Waals surface area contributed by atoms with Crippen LogP contribution < -0.4 is 0 Å². The Labute approximate surface area is 111 Å². The first-order chi connectivity index (χ1) is 8.40. The zero-order chi connectivity index (χ0) is 11.9. The van der Waals surface area contributed by atoms with Crippen molar-refractivity contribution in [3.8, 4) is 0 Å². The van der Waals surface area contributed by atoms with Crippen molar-refractivity contribution in [3.63, 3.8) is 0 Å². The first kappa shape index (κ1) is 13.6. The molecule has 0 bridgehead atoms. The minimum Gasteiger partial charge on any atom is -0.378 e. The fourth-order valence-electron chi connectivity index (χ4n) is 3.25. The smallest absolute Gasteiger partial charge is 0.0576 e. The fraction of sp³-hybridized carbons (Fsp3) is 1.00. The summed E-state index contributed by atoms with van der Waals surface area (Å²) >= 11 is 5.91. The first-order valence-electron chi connectivity index (χ1n) is 7.32. The Hall–Kier alpha value is 0.210. The first-order valence-corrected chi connectivity index (χ1v) is 7.85. The Balaban J connectivity index is 1.65. The molecule has 1 saturated heterocycles. The highest BCUT2D eigenvalue weighted by atomic mass is 35.5. The molecule has 100 valence electrons. The molecule has 0 aromatic rings. The molecule has 2 fully saturated rings. The summed E-state index contributed by atoms with van der Waals surface area (Å²) in [6, 6.07) is 0.818. The highest BCUT2D eigenvalue weighted by Crippen LogP contribution is 2.24. The molecular weight excluding hydrogens is 234 g/mol. The average Bonchev–Trinajstić information content (AvgIpc) is 3.01. The van der Waals surface area contributed by atoms with Crippen LogP contribution in [0.4, 0.5) is 0 Å². The van der Waals surface area contributed by atoms with Gasteiger partial charge in [0.15, 0.2) is 0 Å². The van der Waals surface area contributed by atoms with Crippen molar-refractivity contribution >= 4 is 11.6 Å². The second-order valence-electron chi connectivity index (χ2n) is 5.44. The van der Waals surface area contributed by atoms with Crippen LogP contribution in [-0.2, 0) is 4.74 Å². The predicted octanol–water partition coefficient (Wildman–Crippen LogP) is 3.43. The maximum Gasteiger partial charge on any atom is 0.0576 e. The third kappa shape index (κ3) is 4.42. The van der Waals surface area contributed by atoms with Crippen LogP contribution in [0.2, 0.25) is 0 Å². The van der Waals surface area contributed by atoms with Gasteiger partial charge in [-0.15, -0.1) is 11.6 Å². The maximum absolute atomic E-state index is 5.91. The largest absolute Gasteiger partial charge is 0.378 e. The number of halogens is 1. The molecule has 2 rings (SSSR count). The van der Waals surface area contributed by atoms with Gasteiger partial charge < -0.3 is 4.74 Å². The molecule has 0 aromatic carbocycles. The summed E-state index contributed by atoms with van der Waals surface area (Å²) in [6.45, 7) is 3.27. The topological polar surface area (TPSA) is 12.5 Å². The van der Waals surface area contributed by atoms with Crippen molar-refractivity contribution in [3.05, 3.63) is 0 Å². The second-order valence-corrected chi connectivity index (χ2v) is 5.82. The average molecular weight is 260 g/mol. The lowest BCUT2D eigenvalue weighted by molar-refractivity contribution is 0.0964. The van der Waals surface area contributed by atoms with E-state index in [1.165, 1.54) is 57.9 Å². The van der Waals surface area contributed by atoms with Gasteiger partial charge in [-0.25, -0.2) is 0 Å². The van der Waals surface area contributed by atoms with E-state index < -0.39 is 0 Å². The number of alkyl halides is 1. The molecule has 0 amide bonds. The molecule has 1 unspecified atom stereocenters. The predicted molar refractivity (Wildman–Crippen MR) is 72.8 cm³/mol. The van der Waals surface area contributed by atoms with Gasteiger partial charge in [-0.1, -0.05) is 12.8 Å². The summed E-state index contributed by atoms with van der Waals surface area (Å²) < 4.78 is 5.68. The lowest BCUT2D eigenvalue weighted by atomic mass is 10.1. The van der Waals surface area contributed by atoms with Crippen LogP contribution in [0.1, 0.15) is 51.4 Å². The molecule has 1 heterocycles. The zero-order valence-electron chi connectivity index (χ0n) is 10.9. The molecule has 0 N–H and O–H groups in total. The molecule has 0 spiro atoms. The highest BCUT2D eigenvalue weighted by molar-refractivity contribution is 6.18. The van der Waals surface area contributed by atoms with E-state index in [2.05, 4.69) is 4.90 Å². The van der Waals surface area contributed by atoms with E-state index in [0.717, 1.165) is 25.1 Å². The van der Waals surface area contributed by atoms with Crippen molar-refractivity contribution in [1.82, 2.24) is 4.90 Å². The van der Waals surface area contributed by atoms with Crippen molar-refractivity contribution in [2.75, 3.05) is 25.6 Å². The molecule has 2 aliphatic rings. The van der Waals surface area contributed by atoms with Gasteiger partial charge in [0.2, 0.25) is 0 Å². The Morgan fingerprint density at radius 1 is 1.06 bits per heavy atom. The van der Waals surface area contributed by atoms with E-state index in [1.54, 1.807) is 0 Å². The maximum atomic E-state index is 5.91. The fourth-order valence-corrected chi connectivity index (χ4v) is 3.47. The Morgan fingerprint density at radius 2 is 1.88 bits per heavy atom. The normalized spacial score (nSPS) is 26.1. The molecule has 0 aromatic heterocycles. The van der Waals surface area contributed by atoms with Crippen LogP contribution in [0.5, 0.6) is 0 Å². The van der Waals surface area contributed by atoms with E-state index in [-0.39, 0.29) is 0 Å². The summed E-state index contributed by atoms with van der Waals surface area (Å²) in [5.74, 6) is 0.774. The summed E-state index contributed by atoms with van der Waals surface area (Å²) in [5, 5.41) is 0. The van der Waals surface area contributed by atoms with Crippen molar-refractivity contribution in [2.24, 2.45) is 0 Å². The number of hydrogen-bond donors (Lipinski definition) is 0. The number of rotatable bonds is 7. The highest BCUT2D eigenvalue weighted by Gasteiger charge is 2.22. The standard InChI is InChI=1S/C14H26ClNO/c15-9-11-16(13-5-1-2-6-13)10-3-7-14-8-4-12-17-14/h13-14H,1-12H2. The van der Waals surface area contributed by atoms with Crippen molar-refractivity contribution in [1.29, 1.82) is 0 Å². The van der Waals surface area contributed by atoms with Crippen molar-refractivity contribution < 1.29 is 4.74 Å². The van der Waals surface area contributed by atoms with Gasteiger partial charge in [-0.05, 0) is 45.1 Å². The molecule has 0 radical (unpaired) electrons. The van der Waals surface area contributed by atoms with Gasteiger partial charge in [-0.2, -0.15) is 0 Å². The summed E-state index contributed by atoms with van der Waals surface area (Å²) in [7, 11) is 0. The molecular formula is C14H26ClNO. The summed E-state index contributed by atoms with van der Waals surface area (Å²) in [5.41, 5.74) is 0. The summed E-state index contributed by atoms with van der Waals surface area (Å²) in [4.78, 5) is 2.62. The molecule has 2 nitrogen and oxygen atoms in total. The van der Waals surface area contributed by atoms with Crippen LogP contribution >= 0.6 is 11.6 Å². The summed E-state index contributed by atoms with van der Waals surface area (Å²) in [6.07, 6.45) is 11.2. The second kappa shape index (κ2) is 7.60. The lowest BCUT2D eigenvalue weighted by Crippen LogP contribution is -2.36. The van der Waals surface area contributed by atoms with Gasteiger partial charge in [-0.3, -0.25) is 4.90 Å². The van der Waals surface area contributed by atoms with Crippen LogP contribution in [-0.4, -0.2) is 42.6 Å². The van der Waals surface area contributed by atoms with Gasteiger partial charge in [0.1, 0.15) is 0 Å². The molecule has 3 heteroatoms. The Bertz CT molecular complexity index is 200. The van der Waals surface area contributed by atoms with Crippen LogP contribution in [0.15, 0.2) is 0 Å². The lowest BCUT2D eigenvalue weighted by Gasteiger charge is -2.28. The van der Waals surface area contributed by atoms with Gasteiger partial charge >= 0.3 is 0 Å². The molecule has 1 atom stereocenters. The third-order valence-corrected chi connectivity index (χ3v) is 4.38.